The van der Waals surface area contributed by atoms with Gasteiger partial charge in [0.05, 0.1) is 24.3 Å². The van der Waals surface area contributed by atoms with Crippen molar-refractivity contribution in [1.82, 2.24) is 25.4 Å². The van der Waals surface area contributed by atoms with Crippen LogP contribution in [-0.4, -0.2) is 59.5 Å². The Bertz CT molecular complexity index is 765. The van der Waals surface area contributed by atoms with Crippen LogP contribution in [-0.2, 0) is 5.54 Å². The molecule has 0 radical (unpaired) electrons. The van der Waals surface area contributed by atoms with Crippen molar-refractivity contribution in [3.05, 3.63) is 30.4 Å². The number of hydrogen-bond donors (Lipinski definition) is 3. The molecule has 9 nitrogen and oxygen atoms in total. The lowest BCUT2D eigenvalue weighted by Gasteiger charge is -2.49. The smallest absolute Gasteiger partial charge is 0.133 e. The van der Waals surface area contributed by atoms with E-state index in [0.29, 0.717) is 12.3 Å². The molecule has 158 valence electrons. The molecule has 0 saturated carbocycles. The molecular weight excluding hydrogens is 366 g/mol. The highest BCUT2D eigenvalue weighted by Crippen LogP contribution is 2.32. The van der Waals surface area contributed by atoms with Gasteiger partial charge in [0.1, 0.15) is 11.4 Å². The quantitative estimate of drug-likeness (QED) is 0.292. The summed E-state index contributed by atoms with van der Waals surface area (Å²) in [5.74, 6) is 0.654. The predicted molar refractivity (Wildman–Crippen MR) is 116 cm³/mol. The van der Waals surface area contributed by atoms with Crippen molar-refractivity contribution in [3.63, 3.8) is 0 Å². The maximum Gasteiger partial charge on any atom is 0.133 e. The fourth-order valence-electron chi connectivity index (χ4n) is 3.32. The third-order valence-electron chi connectivity index (χ3n) is 5.22. The third kappa shape index (κ3) is 5.81. The molecule has 1 aromatic rings. The lowest BCUT2D eigenvalue weighted by molar-refractivity contribution is 0.00552. The van der Waals surface area contributed by atoms with Crippen LogP contribution < -0.4 is 16.5 Å². The van der Waals surface area contributed by atoms with Crippen molar-refractivity contribution < 1.29 is 0 Å². The van der Waals surface area contributed by atoms with Gasteiger partial charge in [0.25, 0.3) is 0 Å². The maximum atomic E-state index is 9.25. The topological polar surface area (TPSA) is 120 Å². The van der Waals surface area contributed by atoms with Crippen LogP contribution in [0.3, 0.4) is 0 Å². The number of aromatic nitrogens is 2. The number of hydrazone groups is 1. The Morgan fingerprint density at radius 2 is 2.24 bits per heavy atom. The Kier molecular flexibility index (Phi) is 8.21. The van der Waals surface area contributed by atoms with Gasteiger partial charge < -0.3 is 16.5 Å². The Morgan fingerprint density at radius 3 is 2.90 bits per heavy atom. The minimum Gasteiger partial charge on any atom is -0.387 e. The number of likely N-dealkylation sites (tertiary alicyclic amines) is 1. The first-order chi connectivity index (χ1) is 14.0. The molecule has 2 heterocycles. The molecule has 1 unspecified atom stereocenters. The van der Waals surface area contributed by atoms with Gasteiger partial charge in [-0.3, -0.25) is 9.58 Å². The summed E-state index contributed by atoms with van der Waals surface area (Å²) >= 11 is 0. The van der Waals surface area contributed by atoms with E-state index in [1.54, 1.807) is 25.6 Å². The first kappa shape index (κ1) is 22.4. The van der Waals surface area contributed by atoms with E-state index < -0.39 is 0 Å². The van der Waals surface area contributed by atoms with E-state index in [1.165, 1.54) is 0 Å². The average Bonchev–Trinajstić information content (AvgIpc) is 3.18. The average molecular weight is 400 g/mol. The van der Waals surface area contributed by atoms with Gasteiger partial charge in [-0.1, -0.05) is 13.8 Å². The molecular formula is C20H33N9. The number of nitrogens with zero attached hydrogens (tertiary/aromatic N) is 6. The molecule has 1 aliphatic heterocycles. The highest BCUT2D eigenvalue weighted by Gasteiger charge is 2.44. The zero-order chi connectivity index (χ0) is 21.3. The minimum atomic E-state index is -0.264. The van der Waals surface area contributed by atoms with Crippen molar-refractivity contribution in [2.24, 2.45) is 21.7 Å². The number of aliphatic imine (C=N–C) groups is 1. The zero-order valence-electron chi connectivity index (χ0n) is 17.8. The maximum absolute atomic E-state index is 9.25. The number of nitrogens with one attached hydrogen (secondary N) is 2. The third-order valence-corrected chi connectivity index (χ3v) is 5.22. The monoisotopic (exact) mass is 399 g/mol. The van der Waals surface area contributed by atoms with Gasteiger partial charge in [0, 0.05) is 56.9 Å². The minimum absolute atomic E-state index is 0.207. The second-order valence-electron chi connectivity index (χ2n) is 7.59. The number of nitrogens with two attached hydrogens (primary N) is 1. The van der Waals surface area contributed by atoms with Gasteiger partial charge in [0.2, 0.25) is 0 Å². The molecule has 1 aliphatic rings. The Hall–Kier alpha value is -2.86. The summed E-state index contributed by atoms with van der Waals surface area (Å²) in [5, 5.41) is 21.0. The summed E-state index contributed by atoms with van der Waals surface area (Å²) < 4.78 is 1.88. The van der Waals surface area contributed by atoms with Crippen LogP contribution in [0, 0.1) is 17.2 Å². The highest BCUT2D eigenvalue weighted by atomic mass is 15.4. The van der Waals surface area contributed by atoms with Crippen LogP contribution >= 0.6 is 0 Å². The Balaban J connectivity index is 1.97. The van der Waals surface area contributed by atoms with E-state index in [-0.39, 0.29) is 17.5 Å². The lowest BCUT2D eigenvalue weighted by atomic mass is 9.86. The van der Waals surface area contributed by atoms with Gasteiger partial charge >= 0.3 is 0 Å². The van der Waals surface area contributed by atoms with Crippen LogP contribution in [0.5, 0.6) is 0 Å². The van der Waals surface area contributed by atoms with E-state index in [0.717, 1.165) is 31.6 Å². The standard InChI is InChI=1S/C20H33N9/c1-5-10-28-14-20(15-28,6-7-21)29-13-18(12-27-29)19(22)25-9-8-24-17(3)16(2)11-26-23-4/h8-9,11-13,16-17,23-24H,5-6,10,14-15H2,1-4H3,(H2,22,25)/b9-8-,26-11-/t16?,17-/m1/s1. The van der Waals surface area contributed by atoms with E-state index in [9.17, 15) is 5.26 Å². The van der Waals surface area contributed by atoms with Crippen LogP contribution in [0.25, 0.3) is 0 Å². The van der Waals surface area contributed by atoms with Crippen LogP contribution in [0.2, 0.25) is 0 Å². The van der Waals surface area contributed by atoms with Crippen LogP contribution in [0.1, 0.15) is 39.2 Å². The summed E-state index contributed by atoms with van der Waals surface area (Å²) in [4.78, 5) is 6.64. The first-order valence-electron chi connectivity index (χ1n) is 10.0. The van der Waals surface area contributed by atoms with Crippen LogP contribution in [0.15, 0.2) is 34.9 Å². The summed E-state index contributed by atoms with van der Waals surface area (Å²) in [6, 6.07) is 2.51. The molecule has 4 N–H and O–H groups in total. The second kappa shape index (κ2) is 10.6. The number of hydrogen-bond acceptors (Lipinski definition) is 7. The van der Waals surface area contributed by atoms with Crippen LogP contribution in [0.4, 0.5) is 0 Å². The first-order valence-corrected chi connectivity index (χ1v) is 10.0. The van der Waals surface area contributed by atoms with Gasteiger partial charge in [0.15, 0.2) is 0 Å². The van der Waals surface area contributed by atoms with Crippen molar-refractivity contribution in [1.29, 1.82) is 5.26 Å². The van der Waals surface area contributed by atoms with Crippen molar-refractivity contribution in [3.8, 4) is 6.07 Å². The highest BCUT2D eigenvalue weighted by molar-refractivity contribution is 5.97. The molecule has 0 amide bonds. The number of amidine groups is 1. The van der Waals surface area contributed by atoms with E-state index >= 15 is 0 Å². The molecule has 0 spiro atoms. The summed E-state index contributed by atoms with van der Waals surface area (Å²) in [7, 11) is 1.77. The summed E-state index contributed by atoms with van der Waals surface area (Å²) in [5.41, 5.74) is 9.35. The van der Waals surface area contributed by atoms with Crippen molar-refractivity contribution in [2.45, 2.75) is 45.2 Å². The Morgan fingerprint density at radius 1 is 1.48 bits per heavy atom. The largest absolute Gasteiger partial charge is 0.387 e. The fraction of sp³-hybridized carbons (Fsp3) is 0.600. The van der Waals surface area contributed by atoms with E-state index in [4.69, 9.17) is 5.73 Å². The molecule has 2 atom stereocenters. The van der Waals surface area contributed by atoms with E-state index in [1.807, 2.05) is 17.1 Å². The van der Waals surface area contributed by atoms with Crippen molar-refractivity contribution >= 4 is 12.1 Å². The molecule has 0 aliphatic carbocycles. The SMILES string of the molecule is CCCN1CC(CC#N)(n2cc(C(N)=N/C=C\N[C@H](C)C(C)/C=N\NC)cn2)C1. The fourth-order valence-corrected chi connectivity index (χ4v) is 3.32. The van der Waals surface area contributed by atoms with E-state index in [2.05, 4.69) is 57.7 Å². The zero-order valence-corrected chi connectivity index (χ0v) is 17.8. The Labute approximate surface area is 173 Å². The molecule has 29 heavy (non-hydrogen) atoms. The van der Waals surface area contributed by atoms with Gasteiger partial charge in [-0.2, -0.15) is 15.5 Å². The molecule has 9 heteroatoms. The molecule has 0 aromatic carbocycles. The second-order valence-corrected chi connectivity index (χ2v) is 7.59. The van der Waals surface area contributed by atoms with Gasteiger partial charge in [-0.25, -0.2) is 4.99 Å². The summed E-state index contributed by atoms with van der Waals surface area (Å²) in [6.07, 6.45) is 10.4. The lowest BCUT2D eigenvalue weighted by Crippen LogP contribution is -2.62. The molecule has 0 bridgehead atoms. The number of rotatable bonds is 11. The molecule has 1 fully saturated rings. The normalized spacial score (nSPS) is 19.1. The number of nitriles is 1. The van der Waals surface area contributed by atoms with Crippen molar-refractivity contribution in [2.75, 3.05) is 26.7 Å². The van der Waals surface area contributed by atoms with Gasteiger partial charge in [-0.05, 0) is 19.9 Å². The predicted octanol–water partition coefficient (Wildman–Crippen LogP) is 1.21. The van der Waals surface area contributed by atoms with Gasteiger partial charge in [-0.15, -0.1) is 0 Å². The molecule has 1 saturated heterocycles. The molecule has 1 aromatic heterocycles. The molecule has 2 rings (SSSR count). The summed E-state index contributed by atoms with van der Waals surface area (Å²) in [6.45, 7) is 9.03.